The van der Waals surface area contributed by atoms with Crippen LogP contribution in [0.1, 0.15) is 56.9 Å². The molecule has 2 atom stereocenters. The molecule has 1 aromatic carbocycles. The van der Waals surface area contributed by atoms with Crippen LogP contribution in [-0.2, 0) is 9.59 Å². The van der Waals surface area contributed by atoms with Crippen LogP contribution in [0.3, 0.4) is 0 Å². The normalized spacial score (nSPS) is 17.9. The number of piperidine rings is 1. The molecule has 1 aromatic rings. The highest BCUT2D eigenvalue weighted by Gasteiger charge is 2.28. The van der Waals surface area contributed by atoms with Gasteiger partial charge in [-0.05, 0) is 37.2 Å². The highest BCUT2D eigenvalue weighted by molar-refractivity contribution is 5.85. The van der Waals surface area contributed by atoms with E-state index in [0.29, 0.717) is 25.9 Å². The number of halogens is 1. The zero-order chi connectivity index (χ0) is 18.1. The fourth-order valence-electron chi connectivity index (χ4n) is 3.54. The minimum Gasteiger partial charge on any atom is -0.354 e. The molecule has 2 unspecified atom stereocenters. The largest absolute Gasteiger partial charge is 0.354 e. The smallest absolute Gasteiger partial charge is 0.223 e. The van der Waals surface area contributed by atoms with Crippen LogP contribution < -0.4 is 11.1 Å². The van der Waals surface area contributed by atoms with Gasteiger partial charge in [-0.25, -0.2) is 0 Å². The lowest BCUT2D eigenvalue weighted by atomic mass is 9.91. The molecule has 0 aromatic heterocycles. The van der Waals surface area contributed by atoms with Crippen LogP contribution in [0.4, 0.5) is 0 Å². The minimum atomic E-state index is -0.0313. The third kappa shape index (κ3) is 6.61. The van der Waals surface area contributed by atoms with Gasteiger partial charge in [0.15, 0.2) is 0 Å². The van der Waals surface area contributed by atoms with E-state index in [9.17, 15) is 9.59 Å². The first-order chi connectivity index (χ1) is 12.2. The summed E-state index contributed by atoms with van der Waals surface area (Å²) in [5, 5.41) is 2.92. The van der Waals surface area contributed by atoms with Gasteiger partial charge < -0.3 is 16.0 Å². The second-order valence-corrected chi connectivity index (χ2v) is 6.80. The molecule has 1 aliphatic rings. The van der Waals surface area contributed by atoms with Crippen molar-refractivity contribution in [2.45, 2.75) is 57.4 Å². The lowest BCUT2D eigenvalue weighted by molar-refractivity contribution is -0.136. The maximum Gasteiger partial charge on any atom is 0.223 e. The van der Waals surface area contributed by atoms with E-state index in [1.165, 1.54) is 5.56 Å². The summed E-state index contributed by atoms with van der Waals surface area (Å²) in [7, 11) is 0. The van der Waals surface area contributed by atoms with E-state index in [2.05, 4.69) is 24.4 Å². The van der Waals surface area contributed by atoms with Crippen LogP contribution in [0.2, 0.25) is 0 Å². The highest BCUT2D eigenvalue weighted by atomic mass is 35.5. The van der Waals surface area contributed by atoms with Gasteiger partial charge in [0.25, 0.3) is 0 Å². The Morgan fingerprint density at radius 3 is 2.65 bits per heavy atom. The molecule has 6 heteroatoms. The Kier molecular flexibility index (Phi) is 10.3. The van der Waals surface area contributed by atoms with Gasteiger partial charge in [-0.2, -0.15) is 0 Å². The summed E-state index contributed by atoms with van der Waals surface area (Å²) in [6.07, 6.45) is 4.93. The number of benzene rings is 1. The summed E-state index contributed by atoms with van der Waals surface area (Å²) in [6.45, 7) is 3.81. The summed E-state index contributed by atoms with van der Waals surface area (Å²) in [5.74, 6) is 0.424. The molecule has 0 saturated carbocycles. The fraction of sp³-hybridized carbons (Fsp3) is 0.600. The molecule has 2 rings (SSSR count). The molecule has 5 nitrogen and oxygen atoms in total. The van der Waals surface area contributed by atoms with Crippen molar-refractivity contribution >= 4 is 24.2 Å². The van der Waals surface area contributed by atoms with Crippen molar-refractivity contribution in [3.05, 3.63) is 35.9 Å². The molecule has 1 aliphatic heterocycles. The SMILES string of the molecule is CCC(CC(=O)N1CCCCC1CNC(=O)CCN)c1ccccc1.Cl. The molecular weight excluding hydrogens is 350 g/mol. The maximum atomic E-state index is 12.9. The van der Waals surface area contributed by atoms with E-state index >= 15 is 0 Å². The molecule has 0 spiro atoms. The number of rotatable bonds is 8. The van der Waals surface area contributed by atoms with Crippen molar-refractivity contribution in [3.8, 4) is 0 Å². The minimum absolute atomic E-state index is 0. The quantitative estimate of drug-likeness (QED) is 0.727. The zero-order valence-electron chi connectivity index (χ0n) is 15.7. The third-order valence-electron chi connectivity index (χ3n) is 5.04. The van der Waals surface area contributed by atoms with E-state index < -0.39 is 0 Å². The van der Waals surface area contributed by atoms with Crippen LogP contribution in [-0.4, -0.2) is 42.4 Å². The molecule has 0 aliphatic carbocycles. The number of nitrogens with zero attached hydrogens (tertiary/aromatic N) is 1. The number of amides is 2. The summed E-state index contributed by atoms with van der Waals surface area (Å²) < 4.78 is 0. The monoisotopic (exact) mass is 381 g/mol. The summed E-state index contributed by atoms with van der Waals surface area (Å²) >= 11 is 0. The number of nitrogens with two attached hydrogens (primary N) is 1. The fourth-order valence-corrected chi connectivity index (χ4v) is 3.54. The summed E-state index contributed by atoms with van der Waals surface area (Å²) in [4.78, 5) is 26.6. The summed E-state index contributed by atoms with van der Waals surface area (Å²) in [6, 6.07) is 10.4. The Bertz CT molecular complexity index is 553. The van der Waals surface area contributed by atoms with Gasteiger partial charge in [0.05, 0.1) is 0 Å². The highest BCUT2D eigenvalue weighted by Crippen LogP contribution is 2.26. The van der Waals surface area contributed by atoms with Gasteiger partial charge in [0.1, 0.15) is 0 Å². The average Bonchev–Trinajstić information content (AvgIpc) is 2.65. The van der Waals surface area contributed by atoms with Crippen molar-refractivity contribution in [2.75, 3.05) is 19.6 Å². The van der Waals surface area contributed by atoms with Crippen LogP contribution in [0, 0.1) is 0 Å². The number of carbonyl (C=O) groups excluding carboxylic acids is 2. The van der Waals surface area contributed by atoms with E-state index in [1.54, 1.807) is 0 Å². The first kappa shape index (κ1) is 22.5. The maximum absolute atomic E-state index is 12.9. The average molecular weight is 382 g/mol. The number of likely N-dealkylation sites (tertiary alicyclic amines) is 1. The van der Waals surface area contributed by atoms with Gasteiger partial charge in [0.2, 0.25) is 11.8 Å². The van der Waals surface area contributed by atoms with Gasteiger partial charge >= 0.3 is 0 Å². The van der Waals surface area contributed by atoms with Crippen LogP contribution in [0.25, 0.3) is 0 Å². The standard InChI is InChI=1S/C20H31N3O2.ClH/c1-2-16(17-8-4-3-5-9-17)14-20(25)23-13-7-6-10-18(23)15-22-19(24)11-12-21;/h3-5,8-9,16,18H,2,6-7,10-15,21H2,1H3,(H,22,24);1H. The Labute approximate surface area is 163 Å². The summed E-state index contributed by atoms with van der Waals surface area (Å²) in [5.41, 5.74) is 6.64. The second kappa shape index (κ2) is 11.9. The molecule has 1 saturated heterocycles. The first-order valence-electron chi connectivity index (χ1n) is 9.46. The Balaban J connectivity index is 0.00000338. The lowest BCUT2D eigenvalue weighted by Crippen LogP contribution is -2.49. The van der Waals surface area contributed by atoms with E-state index in [4.69, 9.17) is 5.73 Å². The first-order valence-corrected chi connectivity index (χ1v) is 9.46. The van der Waals surface area contributed by atoms with Crippen LogP contribution in [0.5, 0.6) is 0 Å². The Hall–Kier alpha value is -1.59. The lowest BCUT2D eigenvalue weighted by Gasteiger charge is -2.36. The van der Waals surface area contributed by atoms with Crippen LogP contribution in [0.15, 0.2) is 30.3 Å². The molecule has 2 amide bonds. The zero-order valence-corrected chi connectivity index (χ0v) is 16.5. The number of hydrogen-bond acceptors (Lipinski definition) is 3. The van der Waals surface area contributed by atoms with Crippen molar-refractivity contribution in [2.24, 2.45) is 5.73 Å². The van der Waals surface area contributed by atoms with Crippen molar-refractivity contribution in [1.29, 1.82) is 0 Å². The molecule has 1 heterocycles. The molecule has 0 bridgehead atoms. The number of nitrogens with one attached hydrogen (secondary N) is 1. The molecular formula is C20H32ClN3O2. The van der Waals surface area contributed by atoms with Gasteiger partial charge in [0, 0.05) is 38.5 Å². The molecule has 1 fully saturated rings. The number of hydrogen-bond donors (Lipinski definition) is 2. The molecule has 26 heavy (non-hydrogen) atoms. The van der Waals surface area contributed by atoms with E-state index in [-0.39, 0.29) is 36.2 Å². The van der Waals surface area contributed by atoms with Crippen molar-refractivity contribution in [3.63, 3.8) is 0 Å². The second-order valence-electron chi connectivity index (χ2n) is 6.80. The molecule has 3 N–H and O–H groups in total. The van der Waals surface area contributed by atoms with Crippen LogP contribution >= 0.6 is 12.4 Å². The van der Waals surface area contributed by atoms with Gasteiger partial charge in [-0.1, -0.05) is 37.3 Å². The molecule has 146 valence electrons. The predicted molar refractivity (Wildman–Crippen MR) is 107 cm³/mol. The predicted octanol–water partition coefficient (Wildman–Crippen LogP) is 2.84. The Morgan fingerprint density at radius 1 is 1.27 bits per heavy atom. The van der Waals surface area contributed by atoms with Crippen molar-refractivity contribution in [1.82, 2.24) is 10.2 Å². The molecule has 0 radical (unpaired) electrons. The van der Waals surface area contributed by atoms with Gasteiger partial charge in [-0.15, -0.1) is 12.4 Å². The third-order valence-corrected chi connectivity index (χ3v) is 5.04. The van der Waals surface area contributed by atoms with E-state index in [0.717, 1.165) is 32.2 Å². The topological polar surface area (TPSA) is 75.4 Å². The number of carbonyl (C=O) groups is 2. The Morgan fingerprint density at radius 2 is 2.00 bits per heavy atom. The van der Waals surface area contributed by atoms with E-state index in [1.807, 2.05) is 23.1 Å². The van der Waals surface area contributed by atoms with Crippen molar-refractivity contribution < 1.29 is 9.59 Å². The van der Waals surface area contributed by atoms with Gasteiger partial charge in [-0.3, -0.25) is 9.59 Å².